The molecule has 2 heterocycles. The molecule has 0 radical (unpaired) electrons. The molecule has 4 N–H and O–H groups in total. The second-order valence-electron chi connectivity index (χ2n) is 8.85. The highest BCUT2D eigenvalue weighted by atomic mass is 16.4. The highest BCUT2D eigenvalue weighted by Gasteiger charge is 2.12. The molecular formula is C32H40N4O7. The second-order valence-corrected chi connectivity index (χ2v) is 8.85. The number of carboxylic acids is 1. The van der Waals surface area contributed by atoms with Crippen LogP contribution in [0.25, 0.3) is 11.4 Å². The van der Waals surface area contributed by atoms with Crippen molar-refractivity contribution in [2.45, 2.75) is 56.4 Å². The van der Waals surface area contributed by atoms with Crippen molar-refractivity contribution in [3.63, 3.8) is 0 Å². The number of benzene rings is 2. The zero-order valence-electron chi connectivity index (χ0n) is 23.6. The molecule has 0 saturated heterocycles. The first-order valence-electron chi connectivity index (χ1n) is 12.1. The van der Waals surface area contributed by atoms with E-state index >= 15 is 0 Å². The van der Waals surface area contributed by atoms with Crippen LogP contribution in [0.1, 0.15) is 69.5 Å². The number of carbonyl (C=O) groups is 2. The fourth-order valence-corrected chi connectivity index (χ4v) is 4.16. The van der Waals surface area contributed by atoms with Gasteiger partial charge < -0.3 is 14.2 Å². The molecule has 0 atom stereocenters. The number of carboxylic acid groups (broad SMARTS) is 1. The number of nitrogens with zero attached hydrogens (tertiary/aromatic N) is 2. The molecule has 11 nitrogen and oxygen atoms in total. The Balaban J connectivity index is 0. The lowest BCUT2D eigenvalue weighted by atomic mass is 10.1. The topological polar surface area (TPSA) is 171 Å². The maximum absolute atomic E-state index is 11.6. The molecule has 0 fully saturated rings. The van der Waals surface area contributed by atoms with Crippen LogP contribution < -0.4 is 11.3 Å². The summed E-state index contributed by atoms with van der Waals surface area (Å²) in [5.74, 6) is 3.99. The highest BCUT2D eigenvalue weighted by molar-refractivity contribution is 5.94. The first kappa shape index (κ1) is 39.8. The standard InChI is InChI=1S/C14H17N3O.C14H15NO2.2CO2.2CH4/c1-9-4-7-12(14(18)16-15)8-13(9)17-10(2)5-6-11(17)3;1-9-4-7-12(14(16)17)8-13(9)15-10(2)5-6-11(15)3;2*2-1-3;;/h4-8H,15H2,1-3H3,(H,16,18);4-8H,1-3H3,(H,16,17);;;2*1H4. The summed E-state index contributed by atoms with van der Waals surface area (Å²) in [5.41, 5.74) is 11.7. The Morgan fingerprint density at radius 2 is 0.930 bits per heavy atom. The van der Waals surface area contributed by atoms with E-state index in [1.807, 2.05) is 71.9 Å². The number of nitrogens with two attached hydrogens (primary N) is 1. The number of hydrazine groups is 1. The van der Waals surface area contributed by atoms with Gasteiger partial charge in [0.25, 0.3) is 5.91 Å². The summed E-state index contributed by atoms with van der Waals surface area (Å²) in [7, 11) is 0. The van der Waals surface area contributed by atoms with Crippen molar-refractivity contribution in [2.75, 3.05) is 0 Å². The Hall–Kier alpha value is -5.34. The van der Waals surface area contributed by atoms with E-state index in [1.165, 1.54) is 0 Å². The molecule has 0 spiro atoms. The Kier molecular flexibility index (Phi) is 17.5. The smallest absolute Gasteiger partial charge is 0.373 e. The summed E-state index contributed by atoms with van der Waals surface area (Å²) in [5, 5.41) is 9.03. The van der Waals surface area contributed by atoms with Gasteiger partial charge in [0.05, 0.1) is 5.56 Å². The number of nitrogens with one attached hydrogen (secondary N) is 1. The molecule has 11 heteroatoms. The Labute approximate surface area is 251 Å². The van der Waals surface area contributed by atoms with Gasteiger partial charge in [-0.3, -0.25) is 10.2 Å². The van der Waals surface area contributed by atoms with Gasteiger partial charge in [0, 0.05) is 39.7 Å². The average molecular weight is 593 g/mol. The number of carbonyl (C=O) groups excluding carboxylic acids is 5. The number of aromatic nitrogens is 2. The maximum Gasteiger partial charge on any atom is 0.373 e. The number of hydrogen-bond acceptors (Lipinski definition) is 7. The van der Waals surface area contributed by atoms with E-state index in [2.05, 4.69) is 26.7 Å². The number of amides is 1. The van der Waals surface area contributed by atoms with Crippen molar-refractivity contribution in [1.82, 2.24) is 14.6 Å². The van der Waals surface area contributed by atoms with Crippen LogP contribution in [0.3, 0.4) is 0 Å². The molecule has 230 valence electrons. The van der Waals surface area contributed by atoms with Crippen LogP contribution in [0.5, 0.6) is 0 Å². The van der Waals surface area contributed by atoms with Crippen molar-refractivity contribution in [3.8, 4) is 11.4 Å². The molecule has 0 unspecified atom stereocenters. The lowest BCUT2D eigenvalue weighted by Gasteiger charge is -2.14. The summed E-state index contributed by atoms with van der Waals surface area (Å²) in [6, 6.07) is 18.9. The van der Waals surface area contributed by atoms with Gasteiger partial charge in [0.15, 0.2) is 0 Å². The molecule has 2 aromatic carbocycles. The first-order valence-corrected chi connectivity index (χ1v) is 12.1. The molecular weight excluding hydrogens is 552 g/mol. The van der Waals surface area contributed by atoms with E-state index in [-0.39, 0.29) is 33.1 Å². The normalized spacial score (nSPS) is 8.91. The summed E-state index contributed by atoms with van der Waals surface area (Å²) in [6.07, 6.45) is 0.500. The summed E-state index contributed by atoms with van der Waals surface area (Å²) in [4.78, 5) is 55.1. The minimum absolute atomic E-state index is 0. The van der Waals surface area contributed by atoms with Crippen molar-refractivity contribution in [3.05, 3.63) is 106 Å². The van der Waals surface area contributed by atoms with Crippen molar-refractivity contribution < 1.29 is 33.9 Å². The molecule has 0 aliphatic heterocycles. The SMILES string of the molecule is C.C.Cc1ccc(C(=O)NN)cc1-n1c(C)ccc1C.Cc1ccc(C(=O)O)cc1-n1c(C)ccc1C.O=C=O.O=C=O. The molecule has 43 heavy (non-hydrogen) atoms. The van der Waals surface area contributed by atoms with Crippen molar-refractivity contribution in [2.24, 2.45) is 5.84 Å². The van der Waals surface area contributed by atoms with Gasteiger partial charge in [-0.2, -0.15) is 19.2 Å². The number of aromatic carboxylic acids is 1. The predicted molar refractivity (Wildman–Crippen MR) is 162 cm³/mol. The Morgan fingerprint density at radius 3 is 1.23 bits per heavy atom. The van der Waals surface area contributed by atoms with Crippen LogP contribution in [0.4, 0.5) is 0 Å². The van der Waals surface area contributed by atoms with Crippen LogP contribution in [-0.2, 0) is 19.2 Å². The third kappa shape index (κ3) is 10.5. The third-order valence-corrected chi connectivity index (χ3v) is 6.08. The largest absolute Gasteiger partial charge is 0.478 e. The van der Waals surface area contributed by atoms with Gasteiger partial charge in [-0.15, -0.1) is 0 Å². The van der Waals surface area contributed by atoms with Crippen LogP contribution in [0, 0.1) is 41.5 Å². The number of hydrogen-bond donors (Lipinski definition) is 3. The number of aryl methyl sites for hydroxylation is 6. The fraction of sp³-hybridized carbons (Fsp3) is 0.250. The summed E-state index contributed by atoms with van der Waals surface area (Å²) < 4.78 is 4.20. The lowest BCUT2D eigenvalue weighted by Crippen LogP contribution is -2.30. The van der Waals surface area contributed by atoms with Gasteiger partial charge >= 0.3 is 18.3 Å². The van der Waals surface area contributed by atoms with E-state index < -0.39 is 5.97 Å². The van der Waals surface area contributed by atoms with Crippen LogP contribution in [0.2, 0.25) is 0 Å². The minimum Gasteiger partial charge on any atom is -0.478 e. The molecule has 2 aromatic heterocycles. The van der Waals surface area contributed by atoms with E-state index in [1.54, 1.807) is 18.2 Å². The average Bonchev–Trinajstić information content (AvgIpc) is 3.44. The van der Waals surface area contributed by atoms with Crippen molar-refractivity contribution >= 4 is 24.2 Å². The number of rotatable bonds is 4. The number of nitrogen functional groups attached to an aromatic ring is 1. The van der Waals surface area contributed by atoms with Crippen LogP contribution >= 0.6 is 0 Å². The van der Waals surface area contributed by atoms with E-state index in [0.717, 1.165) is 45.3 Å². The van der Waals surface area contributed by atoms with Gasteiger partial charge in [-0.05, 0) is 101 Å². The molecule has 1 amide bonds. The van der Waals surface area contributed by atoms with Crippen LogP contribution in [0.15, 0.2) is 60.7 Å². The summed E-state index contributed by atoms with van der Waals surface area (Å²) in [6.45, 7) is 12.1. The van der Waals surface area contributed by atoms with Crippen molar-refractivity contribution in [1.29, 1.82) is 0 Å². The second kappa shape index (κ2) is 18.9. The molecule has 0 saturated carbocycles. The van der Waals surface area contributed by atoms with Gasteiger partial charge in [-0.25, -0.2) is 10.6 Å². The third-order valence-electron chi connectivity index (χ3n) is 6.08. The highest BCUT2D eigenvalue weighted by Crippen LogP contribution is 2.22. The molecule has 0 aliphatic carbocycles. The maximum atomic E-state index is 11.6. The molecule has 4 aromatic rings. The van der Waals surface area contributed by atoms with Gasteiger partial charge in [0.2, 0.25) is 0 Å². The monoisotopic (exact) mass is 592 g/mol. The van der Waals surface area contributed by atoms with E-state index in [9.17, 15) is 9.59 Å². The molecule has 0 bridgehead atoms. The molecule has 0 aliphatic rings. The molecule has 4 rings (SSSR count). The zero-order valence-corrected chi connectivity index (χ0v) is 23.6. The fourth-order valence-electron chi connectivity index (χ4n) is 4.16. The lowest BCUT2D eigenvalue weighted by molar-refractivity contribution is -0.193. The van der Waals surface area contributed by atoms with Gasteiger partial charge in [0.1, 0.15) is 0 Å². The quantitative estimate of drug-likeness (QED) is 0.165. The first-order chi connectivity index (χ1) is 19.4. The van der Waals surface area contributed by atoms with E-state index in [0.29, 0.717) is 11.1 Å². The van der Waals surface area contributed by atoms with Gasteiger partial charge in [-0.1, -0.05) is 27.0 Å². The van der Waals surface area contributed by atoms with E-state index in [4.69, 9.17) is 30.1 Å². The predicted octanol–water partition coefficient (Wildman–Crippen LogP) is 5.21. The summed E-state index contributed by atoms with van der Waals surface area (Å²) >= 11 is 0. The Morgan fingerprint density at radius 1 is 0.628 bits per heavy atom. The zero-order chi connectivity index (χ0) is 31.3. The van der Waals surface area contributed by atoms with Crippen LogP contribution in [-0.4, -0.2) is 38.4 Å². The minimum atomic E-state index is -0.895. The Bertz CT molecular complexity index is 1540.